The van der Waals surface area contributed by atoms with E-state index < -0.39 is 13.0 Å². The second-order valence-electron chi connectivity index (χ2n) is 4.67. The Morgan fingerprint density at radius 1 is 1.05 bits per heavy atom. The van der Waals surface area contributed by atoms with Crippen molar-refractivity contribution >= 4 is 0 Å². The molecule has 2 aromatic carbocycles. The SMILES string of the molecule is CCNCc1ccc(-c2ccccc2)cc1OCC(F)F. The van der Waals surface area contributed by atoms with Gasteiger partial charge in [-0.2, -0.15) is 0 Å². The van der Waals surface area contributed by atoms with Gasteiger partial charge in [0.2, 0.25) is 0 Å². The van der Waals surface area contributed by atoms with Crippen molar-refractivity contribution in [2.24, 2.45) is 0 Å². The number of alkyl halides is 2. The second-order valence-corrected chi connectivity index (χ2v) is 4.67. The van der Waals surface area contributed by atoms with Crippen molar-refractivity contribution < 1.29 is 13.5 Å². The summed E-state index contributed by atoms with van der Waals surface area (Å²) in [6.45, 7) is 2.83. The van der Waals surface area contributed by atoms with Crippen molar-refractivity contribution in [3.63, 3.8) is 0 Å². The zero-order valence-corrected chi connectivity index (χ0v) is 12.0. The maximum Gasteiger partial charge on any atom is 0.272 e. The fourth-order valence-electron chi connectivity index (χ4n) is 2.06. The van der Waals surface area contributed by atoms with Crippen molar-refractivity contribution in [3.05, 3.63) is 54.1 Å². The largest absolute Gasteiger partial charge is 0.487 e. The molecular formula is C17H19F2NO. The molecule has 0 aliphatic heterocycles. The molecule has 0 unspecified atom stereocenters. The Morgan fingerprint density at radius 3 is 2.48 bits per heavy atom. The van der Waals surface area contributed by atoms with Crippen LogP contribution in [0.25, 0.3) is 11.1 Å². The summed E-state index contributed by atoms with van der Waals surface area (Å²) in [5.41, 5.74) is 2.88. The Morgan fingerprint density at radius 2 is 1.81 bits per heavy atom. The lowest BCUT2D eigenvalue weighted by Gasteiger charge is -2.13. The summed E-state index contributed by atoms with van der Waals surface area (Å²) in [6.07, 6.45) is -2.47. The van der Waals surface area contributed by atoms with Gasteiger partial charge in [-0.1, -0.05) is 49.4 Å². The van der Waals surface area contributed by atoms with Gasteiger partial charge in [0, 0.05) is 12.1 Å². The van der Waals surface area contributed by atoms with Crippen molar-refractivity contribution in [1.29, 1.82) is 0 Å². The van der Waals surface area contributed by atoms with E-state index in [1.807, 2.05) is 55.5 Å². The minimum absolute atomic E-state index is 0.512. The van der Waals surface area contributed by atoms with Crippen LogP contribution < -0.4 is 10.1 Å². The first-order valence-corrected chi connectivity index (χ1v) is 7.00. The molecule has 4 heteroatoms. The smallest absolute Gasteiger partial charge is 0.272 e. The fourth-order valence-corrected chi connectivity index (χ4v) is 2.06. The molecule has 0 spiro atoms. The van der Waals surface area contributed by atoms with Crippen LogP contribution >= 0.6 is 0 Å². The number of benzene rings is 2. The molecule has 2 rings (SSSR count). The molecule has 21 heavy (non-hydrogen) atoms. The van der Waals surface area contributed by atoms with Crippen molar-refractivity contribution in [2.75, 3.05) is 13.2 Å². The maximum absolute atomic E-state index is 12.4. The second kappa shape index (κ2) is 7.74. The molecule has 0 radical (unpaired) electrons. The Bertz CT molecular complexity index is 558. The van der Waals surface area contributed by atoms with E-state index in [0.29, 0.717) is 12.3 Å². The Hall–Kier alpha value is -1.94. The number of hydrogen-bond acceptors (Lipinski definition) is 2. The van der Waals surface area contributed by atoms with Crippen LogP contribution in [0.3, 0.4) is 0 Å². The fraction of sp³-hybridized carbons (Fsp3) is 0.294. The van der Waals surface area contributed by atoms with Gasteiger partial charge in [0.25, 0.3) is 6.43 Å². The highest BCUT2D eigenvalue weighted by atomic mass is 19.3. The number of hydrogen-bond donors (Lipinski definition) is 1. The van der Waals surface area contributed by atoms with E-state index in [2.05, 4.69) is 5.32 Å². The van der Waals surface area contributed by atoms with Crippen LogP contribution in [0.2, 0.25) is 0 Å². The third kappa shape index (κ3) is 4.53. The highest BCUT2D eigenvalue weighted by Crippen LogP contribution is 2.27. The minimum atomic E-state index is -2.47. The maximum atomic E-state index is 12.4. The number of nitrogens with one attached hydrogen (secondary N) is 1. The summed E-state index contributed by atoms with van der Waals surface area (Å²) < 4.78 is 30.0. The summed E-state index contributed by atoms with van der Waals surface area (Å²) in [5, 5.41) is 3.18. The van der Waals surface area contributed by atoms with E-state index in [0.717, 1.165) is 23.2 Å². The molecule has 0 bridgehead atoms. The average Bonchev–Trinajstić information content (AvgIpc) is 2.52. The van der Waals surface area contributed by atoms with Gasteiger partial charge in [0.1, 0.15) is 12.4 Å². The lowest BCUT2D eigenvalue weighted by Crippen LogP contribution is -2.14. The van der Waals surface area contributed by atoms with Crippen LogP contribution in [-0.4, -0.2) is 19.6 Å². The molecule has 112 valence electrons. The first-order valence-electron chi connectivity index (χ1n) is 7.00. The third-order valence-corrected chi connectivity index (χ3v) is 3.10. The Labute approximate surface area is 123 Å². The summed E-state index contributed by atoms with van der Waals surface area (Å²) in [4.78, 5) is 0. The molecule has 0 heterocycles. The normalized spacial score (nSPS) is 10.9. The van der Waals surface area contributed by atoms with Gasteiger partial charge in [0.15, 0.2) is 0 Å². The number of halogens is 2. The monoisotopic (exact) mass is 291 g/mol. The van der Waals surface area contributed by atoms with Gasteiger partial charge in [-0.05, 0) is 23.7 Å². The third-order valence-electron chi connectivity index (χ3n) is 3.10. The van der Waals surface area contributed by atoms with Gasteiger partial charge in [-0.15, -0.1) is 0 Å². The van der Waals surface area contributed by atoms with Crippen molar-refractivity contribution in [2.45, 2.75) is 19.9 Å². The highest BCUT2D eigenvalue weighted by Gasteiger charge is 2.09. The molecule has 0 atom stereocenters. The van der Waals surface area contributed by atoms with Gasteiger partial charge in [-0.3, -0.25) is 0 Å². The van der Waals surface area contributed by atoms with Gasteiger partial charge in [-0.25, -0.2) is 8.78 Å². The van der Waals surface area contributed by atoms with E-state index in [9.17, 15) is 8.78 Å². The topological polar surface area (TPSA) is 21.3 Å². The van der Waals surface area contributed by atoms with E-state index in [-0.39, 0.29) is 0 Å². The zero-order chi connectivity index (χ0) is 15.1. The quantitative estimate of drug-likeness (QED) is 0.829. The lowest BCUT2D eigenvalue weighted by atomic mass is 10.0. The molecule has 1 N–H and O–H groups in total. The molecular weight excluding hydrogens is 272 g/mol. The Kier molecular flexibility index (Phi) is 5.69. The van der Waals surface area contributed by atoms with Gasteiger partial charge in [0.05, 0.1) is 0 Å². The first-order chi connectivity index (χ1) is 10.2. The highest BCUT2D eigenvalue weighted by molar-refractivity contribution is 5.66. The lowest BCUT2D eigenvalue weighted by molar-refractivity contribution is 0.0814. The summed E-state index contributed by atoms with van der Waals surface area (Å²) in [5.74, 6) is 0.512. The standard InChI is InChI=1S/C17H19F2NO/c1-2-20-11-15-9-8-14(13-6-4-3-5-7-13)10-16(15)21-12-17(18)19/h3-10,17,20H,2,11-12H2,1H3. The molecule has 2 nitrogen and oxygen atoms in total. The van der Waals surface area contributed by atoms with Crippen LogP contribution in [0, 0.1) is 0 Å². The van der Waals surface area contributed by atoms with Crippen LogP contribution in [0.5, 0.6) is 5.75 Å². The molecule has 0 saturated carbocycles. The van der Waals surface area contributed by atoms with Crippen molar-refractivity contribution in [3.8, 4) is 16.9 Å². The van der Waals surface area contributed by atoms with E-state index in [1.165, 1.54) is 0 Å². The zero-order valence-electron chi connectivity index (χ0n) is 12.0. The molecule has 0 saturated heterocycles. The van der Waals surface area contributed by atoms with Gasteiger partial charge >= 0.3 is 0 Å². The van der Waals surface area contributed by atoms with E-state index in [1.54, 1.807) is 0 Å². The predicted molar refractivity (Wildman–Crippen MR) is 80.8 cm³/mol. The molecule has 0 aromatic heterocycles. The van der Waals surface area contributed by atoms with Crippen LogP contribution in [0.4, 0.5) is 8.78 Å². The van der Waals surface area contributed by atoms with Gasteiger partial charge < -0.3 is 10.1 Å². The summed E-state index contributed by atoms with van der Waals surface area (Å²) in [7, 11) is 0. The molecule has 0 aliphatic rings. The molecule has 0 fully saturated rings. The van der Waals surface area contributed by atoms with E-state index in [4.69, 9.17) is 4.74 Å². The van der Waals surface area contributed by atoms with Crippen LogP contribution in [0.15, 0.2) is 48.5 Å². The minimum Gasteiger partial charge on any atom is -0.487 e. The number of rotatable bonds is 7. The summed E-state index contributed by atoms with van der Waals surface area (Å²) >= 11 is 0. The van der Waals surface area contributed by atoms with Crippen LogP contribution in [0.1, 0.15) is 12.5 Å². The number of ether oxygens (including phenoxy) is 1. The predicted octanol–water partition coefficient (Wildman–Crippen LogP) is 4.11. The first kappa shape index (κ1) is 15.4. The Balaban J connectivity index is 2.27. The molecule has 0 aliphatic carbocycles. The molecule has 0 amide bonds. The van der Waals surface area contributed by atoms with Crippen LogP contribution in [-0.2, 0) is 6.54 Å². The van der Waals surface area contributed by atoms with E-state index >= 15 is 0 Å². The molecule has 2 aromatic rings. The van der Waals surface area contributed by atoms with Crippen molar-refractivity contribution in [1.82, 2.24) is 5.32 Å². The average molecular weight is 291 g/mol. The summed E-state index contributed by atoms with van der Waals surface area (Å²) in [6, 6.07) is 15.5.